The summed E-state index contributed by atoms with van der Waals surface area (Å²) in [6, 6.07) is 6.93. The van der Waals surface area contributed by atoms with Crippen LogP contribution in [0.1, 0.15) is 60.0 Å². The number of nitrogens with one attached hydrogen (secondary N) is 1. The van der Waals surface area contributed by atoms with Crippen molar-refractivity contribution in [3.63, 3.8) is 0 Å². The highest BCUT2D eigenvalue weighted by Gasteiger charge is 2.49. The zero-order chi connectivity index (χ0) is 22.2. The lowest BCUT2D eigenvalue weighted by Gasteiger charge is -2.44. The van der Waals surface area contributed by atoms with Gasteiger partial charge in [-0.05, 0) is 38.0 Å². The van der Waals surface area contributed by atoms with E-state index in [2.05, 4.69) is 10.4 Å². The summed E-state index contributed by atoms with van der Waals surface area (Å²) in [6.45, 7) is 1.65. The minimum Gasteiger partial charge on any atom is -0.464 e. The molecule has 1 aromatic heterocycles. The molecule has 0 spiro atoms. The second kappa shape index (κ2) is 8.13. The summed E-state index contributed by atoms with van der Waals surface area (Å²) in [7, 11) is 1.23. The van der Waals surface area contributed by atoms with Gasteiger partial charge in [0.1, 0.15) is 17.1 Å². The van der Waals surface area contributed by atoms with Crippen LogP contribution in [0.15, 0.2) is 30.3 Å². The summed E-state index contributed by atoms with van der Waals surface area (Å²) < 4.78 is 20.1. The summed E-state index contributed by atoms with van der Waals surface area (Å²) in [5.41, 5.74) is -0.998. The minimum atomic E-state index is -1.37. The van der Waals surface area contributed by atoms with E-state index in [1.54, 1.807) is 13.0 Å². The van der Waals surface area contributed by atoms with Gasteiger partial charge in [-0.15, -0.1) is 0 Å². The van der Waals surface area contributed by atoms with Crippen LogP contribution >= 0.6 is 0 Å². The van der Waals surface area contributed by atoms with Crippen molar-refractivity contribution in [1.29, 1.82) is 0 Å². The number of anilines is 1. The fourth-order valence-electron chi connectivity index (χ4n) is 4.39. The highest BCUT2D eigenvalue weighted by atomic mass is 19.1. The van der Waals surface area contributed by atoms with E-state index < -0.39 is 23.2 Å². The maximum Gasteiger partial charge on any atom is 0.358 e. The number of fused-ring (bicyclic) bond motifs is 1. The number of hydrogen-bond acceptors (Lipinski definition) is 5. The van der Waals surface area contributed by atoms with Crippen molar-refractivity contribution in [2.45, 2.75) is 57.2 Å². The van der Waals surface area contributed by atoms with Crippen molar-refractivity contribution in [1.82, 2.24) is 15.1 Å². The zero-order valence-electron chi connectivity index (χ0n) is 17.6. The molecule has 1 fully saturated rings. The SMILES string of the molecule is COC(=O)c1cc2n(n1)C[C@@](C)(C(=O)NC1CCCCC1)N(c1cccc(F)c1)C2=O. The second-order valence-corrected chi connectivity index (χ2v) is 8.27. The van der Waals surface area contributed by atoms with Gasteiger partial charge in [-0.3, -0.25) is 19.2 Å². The van der Waals surface area contributed by atoms with Crippen molar-refractivity contribution >= 4 is 23.5 Å². The minimum absolute atomic E-state index is 0.0140. The van der Waals surface area contributed by atoms with Crippen LogP contribution in [0.5, 0.6) is 0 Å². The first-order valence-electron chi connectivity index (χ1n) is 10.4. The van der Waals surface area contributed by atoms with E-state index in [0.29, 0.717) is 0 Å². The Kier molecular flexibility index (Phi) is 5.51. The van der Waals surface area contributed by atoms with Gasteiger partial charge >= 0.3 is 5.97 Å². The molecule has 2 aliphatic rings. The smallest absolute Gasteiger partial charge is 0.358 e. The van der Waals surface area contributed by atoms with Crippen LogP contribution in [0.4, 0.5) is 10.1 Å². The molecule has 4 rings (SSSR count). The predicted octanol–water partition coefficient (Wildman–Crippen LogP) is 2.68. The second-order valence-electron chi connectivity index (χ2n) is 8.27. The molecule has 2 amide bonds. The van der Waals surface area contributed by atoms with Gasteiger partial charge in [-0.2, -0.15) is 5.10 Å². The van der Waals surface area contributed by atoms with Crippen LogP contribution in [0, 0.1) is 5.82 Å². The number of methoxy groups -OCH3 is 1. The first kappa shape index (κ1) is 21.0. The van der Waals surface area contributed by atoms with E-state index in [1.165, 1.54) is 41.0 Å². The van der Waals surface area contributed by atoms with E-state index in [9.17, 15) is 18.8 Å². The summed E-state index contributed by atoms with van der Waals surface area (Å²) in [6.07, 6.45) is 5.00. The molecule has 31 heavy (non-hydrogen) atoms. The molecule has 9 heteroatoms. The number of esters is 1. The Balaban J connectivity index is 1.76. The van der Waals surface area contributed by atoms with Crippen molar-refractivity contribution in [3.05, 3.63) is 47.5 Å². The third-order valence-corrected chi connectivity index (χ3v) is 6.04. The van der Waals surface area contributed by atoms with E-state index in [0.717, 1.165) is 32.1 Å². The molecule has 1 aliphatic carbocycles. The molecule has 1 aliphatic heterocycles. The molecule has 164 valence electrons. The Bertz CT molecular complexity index is 1030. The third kappa shape index (κ3) is 3.80. The number of benzene rings is 1. The van der Waals surface area contributed by atoms with Crippen molar-refractivity contribution in [2.75, 3.05) is 12.0 Å². The van der Waals surface area contributed by atoms with Gasteiger partial charge in [0.15, 0.2) is 5.69 Å². The lowest BCUT2D eigenvalue weighted by Crippen LogP contribution is -2.65. The number of carbonyl (C=O) groups is 3. The average molecular weight is 428 g/mol. The number of halogens is 1. The van der Waals surface area contributed by atoms with Crippen molar-refractivity contribution < 1.29 is 23.5 Å². The topological polar surface area (TPSA) is 93.5 Å². The lowest BCUT2D eigenvalue weighted by atomic mass is 9.91. The molecular formula is C22H25FN4O4. The molecule has 1 atom stereocenters. The van der Waals surface area contributed by atoms with Crippen LogP contribution < -0.4 is 10.2 Å². The van der Waals surface area contributed by atoms with Gasteiger partial charge in [0.05, 0.1) is 13.7 Å². The molecule has 2 heterocycles. The molecule has 8 nitrogen and oxygen atoms in total. The Hall–Kier alpha value is -3.23. The zero-order valence-corrected chi connectivity index (χ0v) is 17.6. The fraction of sp³-hybridized carbons (Fsp3) is 0.455. The van der Waals surface area contributed by atoms with Gasteiger partial charge < -0.3 is 10.1 Å². The highest BCUT2D eigenvalue weighted by Crippen LogP contribution is 2.33. The maximum absolute atomic E-state index is 14.0. The van der Waals surface area contributed by atoms with Gasteiger partial charge in [0.2, 0.25) is 5.91 Å². The number of aromatic nitrogens is 2. The Morgan fingerprint density at radius 2 is 1.97 bits per heavy atom. The van der Waals surface area contributed by atoms with E-state index in [-0.39, 0.29) is 35.6 Å². The quantitative estimate of drug-likeness (QED) is 0.756. The number of carbonyl (C=O) groups excluding carboxylic acids is 3. The Morgan fingerprint density at radius 3 is 2.65 bits per heavy atom. The number of nitrogens with zero attached hydrogens (tertiary/aromatic N) is 3. The highest BCUT2D eigenvalue weighted by molar-refractivity contribution is 6.12. The summed E-state index contributed by atoms with van der Waals surface area (Å²) in [4.78, 5) is 40.2. The maximum atomic E-state index is 14.0. The summed E-state index contributed by atoms with van der Waals surface area (Å²) in [5, 5.41) is 7.26. The molecule has 0 unspecified atom stereocenters. The third-order valence-electron chi connectivity index (χ3n) is 6.04. The van der Waals surface area contributed by atoms with E-state index in [1.807, 2.05) is 0 Å². The number of ether oxygens (including phenoxy) is 1. The number of amides is 2. The Morgan fingerprint density at radius 1 is 1.23 bits per heavy atom. The molecule has 0 radical (unpaired) electrons. The summed E-state index contributed by atoms with van der Waals surface area (Å²) in [5.74, 6) is -2.08. The van der Waals surface area contributed by atoms with Crippen LogP contribution in [-0.2, 0) is 16.1 Å². The Labute approximate surface area is 179 Å². The molecule has 0 bridgehead atoms. The van der Waals surface area contributed by atoms with Crippen molar-refractivity contribution in [3.8, 4) is 0 Å². The van der Waals surface area contributed by atoms with Crippen LogP contribution in [-0.4, -0.2) is 46.3 Å². The number of hydrogen-bond donors (Lipinski definition) is 1. The monoisotopic (exact) mass is 428 g/mol. The molecule has 1 saturated carbocycles. The molecule has 1 N–H and O–H groups in total. The summed E-state index contributed by atoms with van der Waals surface area (Å²) >= 11 is 0. The van der Waals surface area contributed by atoms with Gasteiger partial charge in [0.25, 0.3) is 5.91 Å². The van der Waals surface area contributed by atoms with Crippen LogP contribution in [0.2, 0.25) is 0 Å². The molecule has 1 aromatic carbocycles. The fourth-order valence-corrected chi connectivity index (χ4v) is 4.39. The average Bonchev–Trinajstić information content (AvgIpc) is 3.18. The normalized spacial score (nSPS) is 21.5. The predicted molar refractivity (Wildman–Crippen MR) is 110 cm³/mol. The first-order valence-corrected chi connectivity index (χ1v) is 10.4. The molecule has 2 aromatic rings. The van der Waals surface area contributed by atoms with Crippen molar-refractivity contribution in [2.24, 2.45) is 0 Å². The number of rotatable bonds is 4. The largest absolute Gasteiger partial charge is 0.464 e. The van der Waals surface area contributed by atoms with Crippen LogP contribution in [0.3, 0.4) is 0 Å². The molecular weight excluding hydrogens is 403 g/mol. The van der Waals surface area contributed by atoms with Gasteiger partial charge in [0, 0.05) is 17.8 Å². The van der Waals surface area contributed by atoms with Gasteiger partial charge in [-0.1, -0.05) is 25.3 Å². The standard InChI is InChI=1S/C22H25FN4O4/c1-22(21(30)24-15-8-4-3-5-9-15)13-26-18(12-17(25-26)20(29)31-2)19(28)27(22)16-10-6-7-14(23)11-16/h6-7,10-12,15H,3-5,8-9,13H2,1-2H3,(H,24,30)/t22-/m0/s1. The van der Waals surface area contributed by atoms with E-state index in [4.69, 9.17) is 4.74 Å². The van der Waals surface area contributed by atoms with Gasteiger partial charge in [-0.25, -0.2) is 9.18 Å². The first-order chi connectivity index (χ1) is 14.8. The van der Waals surface area contributed by atoms with Crippen LogP contribution in [0.25, 0.3) is 0 Å². The molecule has 0 saturated heterocycles. The van der Waals surface area contributed by atoms with E-state index >= 15 is 0 Å². The lowest BCUT2D eigenvalue weighted by molar-refractivity contribution is -0.127.